The Bertz CT molecular complexity index is 200. The highest BCUT2D eigenvalue weighted by atomic mass is 14.8. The predicted molar refractivity (Wildman–Crippen MR) is 50.6 cm³/mol. The average Bonchev–Trinajstić information content (AvgIpc) is 2.36. The number of hydrogen-bond acceptors (Lipinski definition) is 2. The van der Waals surface area contributed by atoms with Crippen LogP contribution in [-0.4, -0.2) is 12.6 Å². The molecule has 2 nitrogen and oxygen atoms in total. The third kappa shape index (κ3) is 0.686. The Kier molecular flexibility index (Phi) is 1.59. The van der Waals surface area contributed by atoms with Crippen LogP contribution < -0.4 is 11.5 Å². The second kappa shape index (κ2) is 2.24. The van der Waals surface area contributed by atoms with Gasteiger partial charge in [0.25, 0.3) is 0 Å². The molecule has 2 saturated carbocycles. The molecule has 0 aromatic rings. The van der Waals surface area contributed by atoms with Crippen molar-refractivity contribution in [3.05, 3.63) is 0 Å². The molecule has 0 aromatic carbocycles. The zero-order valence-corrected chi connectivity index (χ0v) is 8.14. The summed E-state index contributed by atoms with van der Waals surface area (Å²) in [6.45, 7) is 5.48. The molecular weight excluding hydrogens is 148 g/mol. The van der Waals surface area contributed by atoms with E-state index in [1.54, 1.807) is 0 Å². The van der Waals surface area contributed by atoms with Gasteiger partial charge in [-0.05, 0) is 37.1 Å². The molecule has 2 rings (SSSR count). The van der Waals surface area contributed by atoms with E-state index in [-0.39, 0.29) is 5.41 Å². The highest BCUT2D eigenvalue weighted by molar-refractivity contribution is 5.14. The van der Waals surface area contributed by atoms with Gasteiger partial charge in [0, 0.05) is 11.5 Å². The minimum atomic E-state index is 0.262. The predicted octanol–water partition coefficient (Wildman–Crippen LogP) is 1.10. The second-order valence-corrected chi connectivity index (χ2v) is 5.16. The molecule has 3 atom stereocenters. The first-order valence-corrected chi connectivity index (χ1v) is 5.00. The monoisotopic (exact) mass is 168 g/mol. The van der Waals surface area contributed by atoms with Crippen molar-refractivity contribution < 1.29 is 0 Å². The number of hydrogen-bond donors (Lipinski definition) is 2. The largest absolute Gasteiger partial charge is 0.330 e. The number of nitrogens with two attached hydrogens (primary N) is 2. The molecule has 0 aliphatic heterocycles. The summed E-state index contributed by atoms with van der Waals surface area (Å²) in [6.07, 6.45) is 3.80. The van der Waals surface area contributed by atoms with Crippen molar-refractivity contribution in [2.45, 2.75) is 39.2 Å². The first-order valence-electron chi connectivity index (χ1n) is 5.00. The second-order valence-electron chi connectivity index (χ2n) is 5.16. The molecule has 4 N–H and O–H groups in total. The fourth-order valence-corrected chi connectivity index (χ4v) is 3.65. The van der Waals surface area contributed by atoms with Gasteiger partial charge in [-0.25, -0.2) is 0 Å². The minimum Gasteiger partial charge on any atom is -0.330 e. The summed E-state index contributed by atoms with van der Waals surface area (Å²) in [5.74, 6) is 0.830. The van der Waals surface area contributed by atoms with Crippen molar-refractivity contribution in [1.29, 1.82) is 0 Å². The van der Waals surface area contributed by atoms with Gasteiger partial charge in [0.2, 0.25) is 0 Å². The van der Waals surface area contributed by atoms with E-state index in [9.17, 15) is 0 Å². The van der Waals surface area contributed by atoms with Crippen molar-refractivity contribution >= 4 is 0 Å². The lowest BCUT2D eigenvalue weighted by Gasteiger charge is -2.40. The molecule has 12 heavy (non-hydrogen) atoms. The topological polar surface area (TPSA) is 52.0 Å². The van der Waals surface area contributed by atoms with Gasteiger partial charge in [0.1, 0.15) is 0 Å². The van der Waals surface area contributed by atoms with Crippen LogP contribution in [-0.2, 0) is 0 Å². The zero-order chi connectivity index (χ0) is 8.98. The number of rotatable bonds is 1. The summed E-state index contributed by atoms with van der Waals surface area (Å²) in [5, 5.41) is 0. The van der Waals surface area contributed by atoms with Crippen molar-refractivity contribution in [1.82, 2.24) is 0 Å². The Labute approximate surface area is 74.7 Å². The molecule has 2 fully saturated rings. The number of fused-ring (bicyclic) bond motifs is 2. The van der Waals surface area contributed by atoms with Gasteiger partial charge in [-0.15, -0.1) is 0 Å². The quantitative estimate of drug-likeness (QED) is 0.616. The molecule has 3 unspecified atom stereocenters. The average molecular weight is 168 g/mol. The molecule has 0 aromatic heterocycles. The van der Waals surface area contributed by atoms with Gasteiger partial charge in [0.05, 0.1) is 0 Å². The summed E-state index contributed by atoms with van der Waals surface area (Å²) < 4.78 is 0. The molecule has 0 saturated heterocycles. The third-order valence-electron chi connectivity index (χ3n) is 4.86. The van der Waals surface area contributed by atoms with Crippen LogP contribution in [0, 0.1) is 16.7 Å². The molecule has 0 heterocycles. The van der Waals surface area contributed by atoms with Crippen molar-refractivity contribution in [3.8, 4) is 0 Å². The van der Waals surface area contributed by atoms with Gasteiger partial charge in [-0.1, -0.05) is 13.8 Å². The Balaban J connectivity index is 2.39. The first kappa shape index (κ1) is 8.52. The van der Waals surface area contributed by atoms with Crippen LogP contribution >= 0.6 is 0 Å². The Morgan fingerprint density at radius 2 is 2.08 bits per heavy atom. The van der Waals surface area contributed by atoms with Crippen molar-refractivity contribution in [2.24, 2.45) is 28.2 Å². The maximum Gasteiger partial charge on any atom is 0.0116 e. The zero-order valence-electron chi connectivity index (χ0n) is 8.14. The Hall–Kier alpha value is -0.0800. The Morgan fingerprint density at radius 1 is 1.42 bits per heavy atom. The van der Waals surface area contributed by atoms with Crippen LogP contribution in [0.15, 0.2) is 0 Å². The van der Waals surface area contributed by atoms with E-state index in [1.165, 1.54) is 19.3 Å². The molecule has 0 amide bonds. The van der Waals surface area contributed by atoms with Gasteiger partial charge < -0.3 is 11.5 Å². The fourth-order valence-electron chi connectivity index (χ4n) is 3.65. The smallest absolute Gasteiger partial charge is 0.0116 e. The van der Waals surface area contributed by atoms with Gasteiger partial charge in [0.15, 0.2) is 0 Å². The highest BCUT2D eigenvalue weighted by Crippen LogP contribution is 2.64. The molecule has 0 radical (unpaired) electrons. The SMILES string of the molecule is CC1(C)C2CCC1(CN)C(N)C2. The van der Waals surface area contributed by atoms with E-state index in [1.807, 2.05) is 0 Å². The Morgan fingerprint density at radius 3 is 2.33 bits per heavy atom. The summed E-state index contributed by atoms with van der Waals surface area (Å²) in [7, 11) is 0. The fraction of sp³-hybridized carbons (Fsp3) is 1.00. The summed E-state index contributed by atoms with van der Waals surface area (Å²) in [4.78, 5) is 0. The van der Waals surface area contributed by atoms with Crippen LogP contribution in [0.3, 0.4) is 0 Å². The van der Waals surface area contributed by atoms with E-state index in [2.05, 4.69) is 13.8 Å². The van der Waals surface area contributed by atoms with Crippen LogP contribution in [0.2, 0.25) is 0 Å². The summed E-state index contributed by atoms with van der Waals surface area (Å²) >= 11 is 0. The summed E-state index contributed by atoms with van der Waals surface area (Å²) in [6, 6.07) is 0.358. The van der Waals surface area contributed by atoms with E-state index in [0.717, 1.165) is 12.5 Å². The minimum absolute atomic E-state index is 0.262. The molecule has 2 aliphatic carbocycles. The van der Waals surface area contributed by atoms with Crippen molar-refractivity contribution in [3.63, 3.8) is 0 Å². The standard InChI is InChI=1S/C10H20N2/c1-9(2)7-3-4-10(9,6-11)8(12)5-7/h7-8H,3-6,11-12H2,1-2H3. The van der Waals surface area contributed by atoms with E-state index < -0.39 is 0 Å². The van der Waals surface area contributed by atoms with Gasteiger partial charge in [-0.3, -0.25) is 0 Å². The molecule has 0 spiro atoms. The van der Waals surface area contributed by atoms with Crippen LogP contribution in [0.1, 0.15) is 33.1 Å². The maximum absolute atomic E-state index is 6.16. The lowest BCUT2D eigenvalue weighted by atomic mass is 9.68. The lowest BCUT2D eigenvalue weighted by molar-refractivity contribution is 0.122. The van der Waals surface area contributed by atoms with E-state index >= 15 is 0 Å². The van der Waals surface area contributed by atoms with Crippen LogP contribution in [0.4, 0.5) is 0 Å². The third-order valence-corrected chi connectivity index (χ3v) is 4.86. The van der Waals surface area contributed by atoms with Crippen molar-refractivity contribution in [2.75, 3.05) is 6.54 Å². The maximum atomic E-state index is 6.16. The lowest BCUT2D eigenvalue weighted by Crippen LogP contribution is -2.48. The van der Waals surface area contributed by atoms with Crippen LogP contribution in [0.25, 0.3) is 0 Å². The van der Waals surface area contributed by atoms with Crippen LogP contribution in [0.5, 0.6) is 0 Å². The van der Waals surface area contributed by atoms with E-state index in [4.69, 9.17) is 11.5 Å². The van der Waals surface area contributed by atoms with Gasteiger partial charge in [-0.2, -0.15) is 0 Å². The summed E-state index contributed by atoms with van der Waals surface area (Å²) in [5.41, 5.74) is 12.7. The molecular formula is C10H20N2. The van der Waals surface area contributed by atoms with Gasteiger partial charge >= 0.3 is 0 Å². The highest BCUT2D eigenvalue weighted by Gasteiger charge is 2.61. The normalized spacial score (nSPS) is 50.0. The van der Waals surface area contributed by atoms with E-state index in [0.29, 0.717) is 11.5 Å². The first-order chi connectivity index (χ1) is 5.54. The molecule has 2 aliphatic rings. The molecule has 70 valence electrons. The molecule has 2 bridgehead atoms. The molecule has 2 heteroatoms.